The van der Waals surface area contributed by atoms with Gasteiger partial charge in [-0.3, -0.25) is 0 Å². The third-order valence-electron chi connectivity index (χ3n) is 2.72. The van der Waals surface area contributed by atoms with Gasteiger partial charge >= 0.3 is 0 Å². The minimum absolute atomic E-state index is 0.0736. The van der Waals surface area contributed by atoms with E-state index in [2.05, 4.69) is 0 Å². The van der Waals surface area contributed by atoms with Crippen LogP contribution in [0.5, 0.6) is 11.5 Å². The van der Waals surface area contributed by atoms with Crippen LogP contribution in [-0.4, -0.2) is 34.1 Å². The van der Waals surface area contributed by atoms with Crippen LogP contribution in [0, 0.1) is 0 Å². The first-order valence-corrected chi connectivity index (χ1v) is 8.17. The Morgan fingerprint density at radius 2 is 2.00 bits per heavy atom. The molecule has 0 amide bonds. The number of benzene rings is 1. The van der Waals surface area contributed by atoms with E-state index >= 15 is 0 Å². The molecule has 108 valence electrons. The molecule has 1 rings (SSSR count). The fourth-order valence-corrected chi connectivity index (χ4v) is 2.38. The first kappa shape index (κ1) is 15.8. The summed E-state index contributed by atoms with van der Waals surface area (Å²) in [5.74, 6) is 1.34. The van der Waals surface area contributed by atoms with Gasteiger partial charge in [0.25, 0.3) is 0 Å². The van der Waals surface area contributed by atoms with Gasteiger partial charge in [0.2, 0.25) is 0 Å². The lowest BCUT2D eigenvalue weighted by molar-refractivity contribution is 0.310. The third kappa shape index (κ3) is 5.08. The number of methoxy groups -OCH3 is 1. The summed E-state index contributed by atoms with van der Waals surface area (Å²) in [4.78, 5) is 0. The summed E-state index contributed by atoms with van der Waals surface area (Å²) in [5.41, 5.74) is 6.84. The average Bonchev–Trinajstić information content (AvgIpc) is 2.35. The van der Waals surface area contributed by atoms with Gasteiger partial charge in [-0.25, -0.2) is 8.42 Å². The smallest absolute Gasteiger partial charge is 0.161 e. The van der Waals surface area contributed by atoms with Crippen molar-refractivity contribution in [1.29, 1.82) is 0 Å². The highest BCUT2D eigenvalue weighted by Gasteiger charge is 2.13. The van der Waals surface area contributed by atoms with Gasteiger partial charge in [0.1, 0.15) is 9.84 Å². The first-order chi connectivity index (χ1) is 8.87. The molecule has 5 nitrogen and oxygen atoms in total. The van der Waals surface area contributed by atoms with Gasteiger partial charge in [-0.15, -0.1) is 0 Å². The fourth-order valence-electron chi connectivity index (χ4n) is 1.70. The second kappa shape index (κ2) is 6.77. The van der Waals surface area contributed by atoms with Crippen LogP contribution in [0.25, 0.3) is 0 Å². The van der Waals surface area contributed by atoms with Gasteiger partial charge in [0.05, 0.1) is 19.5 Å². The minimum Gasteiger partial charge on any atom is -0.493 e. The predicted molar refractivity (Wildman–Crippen MR) is 75.4 cm³/mol. The van der Waals surface area contributed by atoms with Crippen LogP contribution >= 0.6 is 0 Å². The van der Waals surface area contributed by atoms with Crippen LogP contribution in [0.2, 0.25) is 0 Å². The molecular formula is C13H21NO4S. The fraction of sp³-hybridized carbons (Fsp3) is 0.538. The molecule has 19 heavy (non-hydrogen) atoms. The van der Waals surface area contributed by atoms with E-state index in [9.17, 15) is 8.42 Å². The maximum Gasteiger partial charge on any atom is 0.161 e. The van der Waals surface area contributed by atoms with Crippen molar-refractivity contribution in [2.45, 2.75) is 19.4 Å². The topological polar surface area (TPSA) is 78.6 Å². The van der Waals surface area contributed by atoms with Crippen molar-refractivity contribution >= 4 is 9.84 Å². The quantitative estimate of drug-likeness (QED) is 0.822. The van der Waals surface area contributed by atoms with Crippen LogP contribution < -0.4 is 15.2 Å². The zero-order valence-corrected chi connectivity index (χ0v) is 12.4. The van der Waals surface area contributed by atoms with Crippen molar-refractivity contribution < 1.29 is 17.9 Å². The summed E-state index contributed by atoms with van der Waals surface area (Å²) in [7, 11) is -1.43. The van der Waals surface area contributed by atoms with E-state index in [4.69, 9.17) is 15.2 Å². The van der Waals surface area contributed by atoms with Crippen molar-refractivity contribution in [2.24, 2.45) is 5.73 Å². The second-order valence-electron chi connectivity index (χ2n) is 4.37. The highest BCUT2D eigenvalue weighted by atomic mass is 32.2. The van der Waals surface area contributed by atoms with Crippen LogP contribution in [-0.2, 0) is 9.84 Å². The molecule has 0 aliphatic carbocycles. The molecule has 0 fully saturated rings. The maximum atomic E-state index is 11.1. The molecule has 1 atom stereocenters. The molecule has 0 radical (unpaired) electrons. The van der Waals surface area contributed by atoms with E-state index in [-0.39, 0.29) is 11.8 Å². The van der Waals surface area contributed by atoms with Crippen molar-refractivity contribution in [3.05, 3.63) is 23.8 Å². The van der Waals surface area contributed by atoms with Gasteiger partial charge in [0.15, 0.2) is 11.5 Å². The number of nitrogens with two attached hydrogens (primary N) is 1. The van der Waals surface area contributed by atoms with Crippen LogP contribution in [0.15, 0.2) is 18.2 Å². The van der Waals surface area contributed by atoms with Gasteiger partial charge in [0, 0.05) is 12.3 Å². The standard InChI is InChI=1S/C13H21NO4S/c1-4-18-13-9-10(5-6-12(13)17-2)11(14)7-8-19(3,15)16/h5-6,9,11H,4,7-8,14H2,1-3H3/t11-/m0/s1. The molecular weight excluding hydrogens is 266 g/mol. The maximum absolute atomic E-state index is 11.1. The Hall–Kier alpha value is -1.27. The van der Waals surface area contributed by atoms with E-state index in [0.717, 1.165) is 5.56 Å². The SMILES string of the molecule is CCOc1cc([C@@H](N)CCS(C)(=O)=O)ccc1OC. The van der Waals surface area contributed by atoms with E-state index in [1.807, 2.05) is 13.0 Å². The Morgan fingerprint density at radius 1 is 1.32 bits per heavy atom. The summed E-state index contributed by atoms with van der Waals surface area (Å²) < 4.78 is 32.9. The predicted octanol–water partition coefficient (Wildman–Crippen LogP) is 1.53. The summed E-state index contributed by atoms with van der Waals surface area (Å²) in [6.07, 6.45) is 1.59. The number of hydrogen-bond acceptors (Lipinski definition) is 5. The summed E-state index contributed by atoms with van der Waals surface area (Å²) in [5, 5.41) is 0. The summed E-state index contributed by atoms with van der Waals surface area (Å²) >= 11 is 0. The number of hydrogen-bond donors (Lipinski definition) is 1. The van der Waals surface area contributed by atoms with Crippen molar-refractivity contribution in [3.63, 3.8) is 0 Å². The first-order valence-electron chi connectivity index (χ1n) is 6.11. The molecule has 6 heteroatoms. The lowest BCUT2D eigenvalue weighted by Crippen LogP contribution is -2.15. The number of rotatable bonds is 7. The molecule has 0 saturated carbocycles. The number of sulfone groups is 1. The lowest BCUT2D eigenvalue weighted by atomic mass is 10.0. The number of ether oxygens (including phenoxy) is 2. The Balaban J connectivity index is 2.85. The van der Waals surface area contributed by atoms with Crippen LogP contribution in [0.4, 0.5) is 0 Å². The van der Waals surface area contributed by atoms with Gasteiger partial charge in [-0.05, 0) is 31.0 Å². The van der Waals surface area contributed by atoms with Gasteiger partial charge < -0.3 is 15.2 Å². The molecule has 0 spiro atoms. The zero-order chi connectivity index (χ0) is 14.5. The Labute approximate surface area is 114 Å². The molecule has 2 N–H and O–H groups in total. The highest BCUT2D eigenvalue weighted by molar-refractivity contribution is 7.90. The highest BCUT2D eigenvalue weighted by Crippen LogP contribution is 2.30. The third-order valence-corrected chi connectivity index (χ3v) is 3.69. The molecule has 0 aromatic heterocycles. The van der Waals surface area contributed by atoms with E-state index in [1.54, 1.807) is 19.2 Å². The van der Waals surface area contributed by atoms with Crippen LogP contribution in [0.3, 0.4) is 0 Å². The Bertz CT molecular complexity index is 513. The minimum atomic E-state index is -3.00. The van der Waals surface area contributed by atoms with E-state index in [0.29, 0.717) is 24.5 Å². The molecule has 0 bridgehead atoms. The normalized spacial score (nSPS) is 13.1. The Morgan fingerprint density at radius 3 is 2.53 bits per heavy atom. The molecule has 1 aromatic carbocycles. The Kier molecular flexibility index (Phi) is 5.62. The van der Waals surface area contributed by atoms with Crippen molar-refractivity contribution in [1.82, 2.24) is 0 Å². The van der Waals surface area contributed by atoms with E-state index in [1.165, 1.54) is 6.26 Å². The van der Waals surface area contributed by atoms with Crippen molar-refractivity contribution in [2.75, 3.05) is 25.7 Å². The summed E-state index contributed by atoms with van der Waals surface area (Å²) in [6.45, 7) is 2.41. The van der Waals surface area contributed by atoms with Crippen LogP contribution in [0.1, 0.15) is 24.9 Å². The van der Waals surface area contributed by atoms with E-state index < -0.39 is 9.84 Å². The van der Waals surface area contributed by atoms with Gasteiger partial charge in [-0.1, -0.05) is 6.07 Å². The summed E-state index contributed by atoms with van der Waals surface area (Å²) in [6, 6.07) is 5.07. The average molecular weight is 287 g/mol. The molecule has 0 heterocycles. The second-order valence-corrected chi connectivity index (χ2v) is 6.63. The molecule has 0 saturated heterocycles. The molecule has 0 unspecified atom stereocenters. The zero-order valence-electron chi connectivity index (χ0n) is 11.5. The molecule has 0 aliphatic heterocycles. The van der Waals surface area contributed by atoms with Crippen molar-refractivity contribution in [3.8, 4) is 11.5 Å². The van der Waals surface area contributed by atoms with Gasteiger partial charge in [-0.2, -0.15) is 0 Å². The lowest BCUT2D eigenvalue weighted by Gasteiger charge is -2.15. The molecule has 1 aromatic rings. The largest absolute Gasteiger partial charge is 0.493 e. The molecule has 0 aliphatic rings. The monoisotopic (exact) mass is 287 g/mol.